The second-order valence-corrected chi connectivity index (χ2v) is 6.15. The number of halogens is 2. The number of benzene rings is 1. The van der Waals surface area contributed by atoms with E-state index in [0.717, 1.165) is 12.1 Å². The third-order valence-electron chi connectivity index (χ3n) is 2.20. The maximum absolute atomic E-state index is 13.0. The summed E-state index contributed by atoms with van der Waals surface area (Å²) in [6.07, 6.45) is 0. The molecule has 96 valence electrons. The molecule has 1 unspecified atom stereocenters. The predicted molar refractivity (Wildman–Crippen MR) is 67.3 cm³/mol. The van der Waals surface area contributed by atoms with Crippen LogP contribution in [-0.2, 0) is 10.0 Å². The smallest absolute Gasteiger partial charge is 0.236 e. The van der Waals surface area contributed by atoms with Crippen LogP contribution in [0, 0.1) is 5.82 Å². The minimum Gasteiger partial charge on any atom is -0.318 e. The summed E-state index contributed by atoms with van der Waals surface area (Å²) in [6, 6.07) is 3.51. The molecular weight excluding hydrogens is 267 g/mol. The summed E-state index contributed by atoms with van der Waals surface area (Å²) in [5.41, 5.74) is 0.0506. The Morgan fingerprint density at radius 2 is 2.12 bits per heavy atom. The normalized spacial score (nSPS) is 13.4. The number of nitrogens with one attached hydrogen (secondary N) is 2. The van der Waals surface area contributed by atoms with Crippen molar-refractivity contribution in [2.45, 2.75) is 12.2 Å². The molecular formula is C10H14ClFN2O2S. The highest BCUT2D eigenvalue weighted by atomic mass is 35.5. The van der Waals surface area contributed by atoms with Gasteiger partial charge in [0.05, 0.1) is 16.0 Å². The van der Waals surface area contributed by atoms with Crippen molar-refractivity contribution in [3.05, 3.63) is 29.0 Å². The SMILES string of the molecule is CNCC(C)S(=O)(=O)Nc1cc(F)ccc1Cl. The lowest BCUT2D eigenvalue weighted by atomic mass is 10.3. The third kappa shape index (κ3) is 3.83. The summed E-state index contributed by atoms with van der Waals surface area (Å²) in [4.78, 5) is 0. The van der Waals surface area contributed by atoms with Gasteiger partial charge in [-0.3, -0.25) is 4.72 Å². The van der Waals surface area contributed by atoms with Gasteiger partial charge in [0.25, 0.3) is 0 Å². The second-order valence-electron chi connectivity index (χ2n) is 3.64. The van der Waals surface area contributed by atoms with Crippen LogP contribution in [0.1, 0.15) is 6.92 Å². The Balaban J connectivity index is 2.94. The van der Waals surface area contributed by atoms with Gasteiger partial charge in [-0.15, -0.1) is 0 Å². The quantitative estimate of drug-likeness (QED) is 0.865. The molecule has 1 aromatic carbocycles. The van der Waals surface area contributed by atoms with Crippen LogP contribution < -0.4 is 10.0 Å². The zero-order valence-electron chi connectivity index (χ0n) is 9.50. The molecule has 0 aliphatic heterocycles. The maximum atomic E-state index is 13.0. The first-order valence-electron chi connectivity index (χ1n) is 4.98. The van der Waals surface area contributed by atoms with Crippen LogP contribution in [-0.4, -0.2) is 27.3 Å². The second kappa shape index (κ2) is 5.66. The molecule has 4 nitrogen and oxygen atoms in total. The van der Waals surface area contributed by atoms with E-state index < -0.39 is 21.1 Å². The monoisotopic (exact) mass is 280 g/mol. The van der Waals surface area contributed by atoms with Crippen molar-refractivity contribution in [2.75, 3.05) is 18.3 Å². The van der Waals surface area contributed by atoms with Gasteiger partial charge in [-0.2, -0.15) is 0 Å². The minimum absolute atomic E-state index is 0.0506. The van der Waals surface area contributed by atoms with Crippen LogP contribution in [0.5, 0.6) is 0 Å². The summed E-state index contributed by atoms with van der Waals surface area (Å²) in [7, 11) is -1.92. The van der Waals surface area contributed by atoms with Gasteiger partial charge >= 0.3 is 0 Å². The van der Waals surface area contributed by atoms with Gasteiger partial charge in [0, 0.05) is 6.54 Å². The van der Waals surface area contributed by atoms with Gasteiger partial charge in [-0.05, 0) is 32.2 Å². The van der Waals surface area contributed by atoms with E-state index >= 15 is 0 Å². The standard InChI is InChI=1S/C10H14ClFN2O2S/c1-7(6-13-2)17(15,16)14-10-5-8(12)3-4-9(10)11/h3-5,7,13-14H,6H2,1-2H3. The Morgan fingerprint density at radius 3 is 2.71 bits per heavy atom. The van der Waals surface area contributed by atoms with Crippen molar-refractivity contribution >= 4 is 27.3 Å². The van der Waals surface area contributed by atoms with E-state index in [1.807, 2.05) is 0 Å². The number of hydrogen-bond acceptors (Lipinski definition) is 3. The first-order valence-corrected chi connectivity index (χ1v) is 6.90. The molecule has 1 atom stereocenters. The average molecular weight is 281 g/mol. The summed E-state index contributed by atoms with van der Waals surface area (Å²) in [5, 5.41) is 2.27. The predicted octanol–water partition coefficient (Wildman–Crippen LogP) is 1.83. The highest BCUT2D eigenvalue weighted by Gasteiger charge is 2.20. The van der Waals surface area contributed by atoms with Crippen molar-refractivity contribution in [1.82, 2.24) is 5.32 Å². The van der Waals surface area contributed by atoms with Gasteiger partial charge in [0.2, 0.25) is 10.0 Å². The summed E-state index contributed by atoms with van der Waals surface area (Å²) in [5.74, 6) is -0.548. The number of sulfonamides is 1. The molecule has 17 heavy (non-hydrogen) atoms. The van der Waals surface area contributed by atoms with Crippen LogP contribution in [0.4, 0.5) is 10.1 Å². The van der Waals surface area contributed by atoms with Gasteiger partial charge < -0.3 is 5.32 Å². The fourth-order valence-electron chi connectivity index (χ4n) is 1.23. The molecule has 1 rings (SSSR count). The highest BCUT2D eigenvalue weighted by Crippen LogP contribution is 2.24. The number of anilines is 1. The van der Waals surface area contributed by atoms with Crippen LogP contribution in [0.2, 0.25) is 5.02 Å². The van der Waals surface area contributed by atoms with E-state index in [0.29, 0.717) is 6.54 Å². The van der Waals surface area contributed by atoms with Gasteiger partial charge in [-0.25, -0.2) is 12.8 Å². The molecule has 0 radical (unpaired) electrons. The van der Waals surface area contributed by atoms with Crippen molar-refractivity contribution in [3.63, 3.8) is 0 Å². The highest BCUT2D eigenvalue weighted by molar-refractivity contribution is 7.93. The molecule has 0 amide bonds. The number of hydrogen-bond donors (Lipinski definition) is 2. The zero-order valence-corrected chi connectivity index (χ0v) is 11.1. The van der Waals surface area contributed by atoms with E-state index in [-0.39, 0.29) is 10.7 Å². The lowest BCUT2D eigenvalue weighted by molar-refractivity contribution is 0.583. The van der Waals surface area contributed by atoms with Gasteiger partial charge in [0.15, 0.2) is 0 Å². The zero-order chi connectivity index (χ0) is 13.1. The van der Waals surface area contributed by atoms with Crippen LogP contribution >= 0.6 is 11.6 Å². The molecule has 0 aromatic heterocycles. The fraction of sp³-hybridized carbons (Fsp3) is 0.400. The van der Waals surface area contributed by atoms with E-state index in [2.05, 4.69) is 10.0 Å². The van der Waals surface area contributed by atoms with Crippen molar-refractivity contribution in [2.24, 2.45) is 0 Å². The maximum Gasteiger partial charge on any atom is 0.236 e. The Kier molecular flexibility index (Phi) is 4.73. The van der Waals surface area contributed by atoms with E-state index in [1.165, 1.54) is 6.07 Å². The van der Waals surface area contributed by atoms with E-state index in [9.17, 15) is 12.8 Å². The lowest BCUT2D eigenvalue weighted by Crippen LogP contribution is -2.33. The Hall–Kier alpha value is -0.850. The molecule has 0 aliphatic carbocycles. The third-order valence-corrected chi connectivity index (χ3v) is 4.26. The van der Waals surface area contributed by atoms with Crippen LogP contribution in [0.3, 0.4) is 0 Å². The molecule has 1 aromatic rings. The minimum atomic E-state index is -3.58. The summed E-state index contributed by atoms with van der Waals surface area (Å²) >= 11 is 5.77. The molecule has 0 fully saturated rings. The van der Waals surface area contributed by atoms with Crippen molar-refractivity contribution in [3.8, 4) is 0 Å². The molecule has 0 saturated heterocycles. The lowest BCUT2D eigenvalue weighted by Gasteiger charge is -2.15. The summed E-state index contributed by atoms with van der Waals surface area (Å²) < 4.78 is 38.9. The Morgan fingerprint density at radius 1 is 1.47 bits per heavy atom. The first kappa shape index (κ1) is 14.2. The average Bonchev–Trinajstić information content (AvgIpc) is 2.23. The molecule has 0 aliphatic rings. The largest absolute Gasteiger partial charge is 0.318 e. The molecule has 0 heterocycles. The van der Waals surface area contributed by atoms with Crippen molar-refractivity contribution in [1.29, 1.82) is 0 Å². The van der Waals surface area contributed by atoms with E-state index in [1.54, 1.807) is 14.0 Å². The molecule has 0 spiro atoms. The molecule has 7 heteroatoms. The molecule has 0 saturated carbocycles. The van der Waals surface area contributed by atoms with E-state index in [4.69, 9.17) is 11.6 Å². The molecule has 0 bridgehead atoms. The Bertz CT molecular complexity index is 493. The first-order chi connectivity index (χ1) is 7.86. The fourth-order valence-corrected chi connectivity index (χ4v) is 2.51. The summed E-state index contributed by atoms with van der Waals surface area (Å²) in [6.45, 7) is 1.84. The topological polar surface area (TPSA) is 58.2 Å². The van der Waals surface area contributed by atoms with Crippen LogP contribution in [0.25, 0.3) is 0 Å². The number of rotatable bonds is 5. The van der Waals surface area contributed by atoms with Gasteiger partial charge in [-0.1, -0.05) is 11.6 Å². The van der Waals surface area contributed by atoms with Crippen LogP contribution in [0.15, 0.2) is 18.2 Å². The molecule has 2 N–H and O–H groups in total. The van der Waals surface area contributed by atoms with Crippen molar-refractivity contribution < 1.29 is 12.8 Å². The Labute approximate surface area is 105 Å². The van der Waals surface area contributed by atoms with Gasteiger partial charge in [0.1, 0.15) is 5.82 Å².